The fraction of sp³-hybridized carbons (Fsp3) is 0.0500. The van der Waals surface area contributed by atoms with Crippen LogP contribution in [0.4, 0.5) is 18.4 Å². The number of alkyl halides is 2. The molecule has 10 nitrogen and oxygen atoms in total. The Kier molecular flexibility index (Phi) is 3.99. The molecule has 0 saturated heterocycles. The number of nitrogens with zero attached hydrogens (tertiary/aromatic N) is 8. The van der Waals surface area contributed by atoms with Gasteiger partial charge in [-0.25, -0.2) is 9.67 Å². The SMILES string of the molecule is N#Cc1cc(NC(=O)c2cnn3c2C(F)(F)S2(F)C=Cc4nccc-3c42)cnc1-n1nccn1. The van der Waals surface area contributed by atoms with Crippen LogP contribution in [0, 0.1) is 11.3 Å². The van der Waals surface area contributed by atoms with E-state index in [2.05, 4.69) is 30.6 Å². The largest absolute Gasteiger partial charge is 0.352 e. The van der Waals surface area contributed by atoms with Crippen LogP contribution in [0.1, 0.15) is 27.3 Å². The van der Waals surface area contributed by atoms with E-state index < -0.39 is 32.8 Å². The van der Waals surface area contributed by atoms with E-state index in [1.165, 1.54) is 43.0 Å². The maximum absolute atomic E-state index is 15.8. The second kappa shape index (κ2) is 6.75. The van der Waals surface area contributed by atoms with Gasteiger partial charge in [0.1, 0.15) is 17.3 Å². The summed E-state index contributed by atoms with van der Waals surface area (Å²) in [6.45, 7) is 0. The Morgan fingerprint density at radius 2 is 1.94 bits per heavy atom. The van der Waals surface area contributed by atoms with Crippen molar-refractivity contribution in [2.24, 2.45) is 0 Å². The summed E-state index contributed by atoms with van der Waals surface area (Å²) < 4.78 is 47.8. The number of hydrogen-bond acceptors (Lipinski definition) is 7. The number of nitrogens with one attached hydrogen (secondary N) is 1. The first kappa shape index (κ1) is 20.1. The summed E-state index contributed by atoms with van der Waals surface area (Å²) in [5.41, 5.74) is -1.04. The third-order valence-corrected chi connectivity index (χ3v) is 7.83. The first-order valence-electron chi connectivity index (χ1n) is 9.60. The van der Waals surface area contributed by atoms with Crippen LogP contribution >= 0.6 is 10.4 Å². The summed E-state index contributed by atoms with van der Waals surface area (Å²) in [6.07, 6.45) is 7.57. The molecule has 0 spiro atoms. The molecule has 34 heavy (non-hydrogen) atoms. The third kappa shape index (κ3) is 2.52. The van der Waals surface area contributed by atoms with Gasteiger partial charge in [-0.2, -0.15) is 33.2 Å². The second-order valence-electron chi connectivity index (χ2n) is 7.24. The minimum absolute atomic E-state index is 0.0357. The number of anilines is 1. The molecule has 0 fully saturated rings. The molecule has 1 N–H and O–H groups in total. The van der Waals surface area contributed by atoms with E-state index in [1.807, 2.05) is 6.07 Å². The summed E-state index contributed by atoms with van der Waals surface area (Å²) in [7, 11) is -4.27. The minimum Gasteiger partial charge on any atom is -0.320 e. The highest BCUT2D eigenvalue weighted by Crippen LogP contribution is 2.79. The normalized spacial score (nSPS) is 20.6. The van der Waals surface area contributed by atoms with Crippen molar-refractivity contribution >= 4 is 28.1 Å². The van der Waals surface area contributed by atoms with Crippen molar-refractivity contribution in [2.45, 2.75) is 10.2 Å². The Labute approximate surface area is 190 Å². The number of rotatable bonds is 3. The number of carbonyl (C=O) groups is 1. The van der Waals surface area contributed by atoms with Gasteiger partial charge in [0.05, 0.1) is 52.3 Å². The molecule has 0 aromatic carbocycles. The molecule has 0 radical (unpaired) electrons. The van der Waals surface area contributed by atoms with Crippen LogP contribution in [-0.4, -0.2) is 40.6 Å². The molecular weight excluding hydrogens is 471 g/mol. The van der Waals surface area contributed by atoms with Gasteiger partial charge in [0, 0.05) is 16.6 Å². The lowest BCUT2D eigenvalue weighted by Gasteiger charge is -2.39. The molecule has 14 heteroatoms. The smallest absolute Gasteiger partial charge is 0.320 e. The van der Waals surface area contributed by atoms with Crippen molar-refractivity contribution < 1.29 is 17.5 Å². The maximum Gasteiger partial charge on any atom is 0.352 e. The van der Waals surface area contributed by atoms with Crippen LogP contribution in [0.25, 0.3) is 17.6 Å². The predicted octanol–water partition coefficient (Wildman–Crippen LogP) is 3.46. The van der Waals surface area contributed by atoms with E-state index in [0.29, 0.717) is 0 Å². The lowest BCUT2D eigenvalue weighted by Crippen LogP contribution is -2.31. The molecular formula is C20H10F3N9OS. The van der Waals surface area contributed by atoms with Crippen LogP contribution in [0.2, 0.25) is 0 Å². The first-order valence-corrected chi connectivity index (χ1v) is 11.2. The number of nitriles is 1. The molecule has 168 valence electrons. The number of amides is 1. The van der Waals surface area contributed by atoms with Gasteiger partial charge in [0.25, 0.3) is 5.91 Å². The Balaban J connectivity index is 1.41. The zero-order valence-corrected chi connectivity index (χ0v) is 17.5. The van der Waals surface area contributed by atoms with Gasteiger partial charge in [-0.1, -0.05) is 0 Å². The number of fused-ring (bicyclic) bond motifs is 2. The van der Waals surface area contributed by atoms with Crippen molar-refractivity contribution in [2.75, 3.05) is 5.32 Å². The van der Waals surface area contributed by atoms with Gasteiger partial charge in [-0.05, 0) is 23.6 Å². The number of carbonyl (C=O) groups excluding carboxylic acids is 1. The van der Waals surface area contributed by atoms with E-state index in [9.17, 15) is 10.1 Å². The second-order valence-corrected chi connectivity index (χ2v) is 9.60. The van der Waals surface area contributed by atoms with E-state index in [1.54, 1.807) is 0 Å². The van der Waals surface area contributed by atoms with Crippen molar-refractivity contribution in [3.05, 3.63) is 71.0 Å². The monoisotopic (exact) mass is 481 g/mol. The first-order chi connectivity index (χ1) is 16.3. The fourth-order valence-corrected chi connectivity index (χ4v) is 6.13. The molecule has 6 heterocycles. The zero-order valence-electron chi connectivity index (χ0n) is 16.7. The van der Waals surface area contributed by atoms with Crippen molar-refractivity contribution in [3.8, 4) is 17.6 Å². The molecule has 4 aromatic rings. The van der Waals surface area contributed by atoms with Gasteiger partial charge in [0.15, 0.2) is 5.82 Å². The average Bonchev–Trinajstić information content (AvgIpc) is 3.58. The topological polar surface area (TPSA) is 127 Å². The van der Waals surface area contributed by atoms with Gasteiger partial charge < -0.3 is 5.32 Å². The molecule has 4 aromatic heterocycles. The van der Waals surface area contributed by atoms with E-state index in [4.69, 9.17) is 0 Å². The molecule has 1 amide bonds. The Hall–Kier alpha value is -4.51. The van der Waals surface area contributed by atoms with Crippen LogP contribution in [0.15, 0.2) is 53.4 Å². The zero-order chi connectivity index (χ0) is 23.7. The Morgan fingerprint density at radius 1 is 1.15 bits per heavy atom. The van der Waals surface area contributed by atoms with Crippen LogP contribution in [0.3, 0.4) is 0 Å². The lowest BCUT2D eigenvalue weighted by molar-refractivity contribution is 0.0810. The number of pyridine rings is 2. The quantitative estimate of drug-likeness (QED) is 0.475. The number of hydrogen-bond donors (Lipinski definition) is 1. The molecule has 0 saturated carbocycles. The number of aromatic nitrogens is 7. The molecule has 1 atom stereocenters. The fourth-order valence-electron chi connectivity index (χ4n) is 3.89. The highest BCUT2D eigenvalue weighted by molar-refractivity contribution is 8.33. The summed E-state index contributed by atoms with van der Waals surface area (Å²) in [5.74, 6) is -0.837. The third-order valence-electron chi connectivity index (χ3n) is 5.37. The molecule has 2 aliphatic rings. The molecule has 2 aliphatic heterocycles. The average molecular weight is 481 g/mol. The lowest BCUT2D eigenvalue weighted by atomic mass is 10.2. The van der Waals surface area contributed by atoms with Crippen molar-refractivity contribution in [1.29, 1.82) is 5.26 Å². The highest BCUT2D eigenvalue weighted by atomic mass is 32.3. The van der Waals surface area contributed by atoms with Gasteiger partial charge in [-0.3, -0.25) is 9.78 Å². The summed E-state index contributed by atoms with van der Waals surface area (Å²) in [5, 5.41) is 20.4. The van der Waals surface area contributed by atoms with Gasteiger partial charge >= 0.3 is 5.25 Å². The van der Waals surface area contributed by atoms with Gasteiger partial charge in [0.2, 0.25) is 0 Å². The van der Waals surface area contributed by atoms with Crippen LogP contribution in [-0.2, 0) is 5.25 Å². The minimum atomic E-state index is -4.27. The van der Waals surface area contributed by atoms with Crippen molar-refractivity contribution in [3.63, 3.8) is 0 Å². The molecule has 6 rings (SSSR count). The standard InChI is InChI=1S/C20H10F3N9OS/c21-20(22)17-13(10-29-31(17)15-1-3-25-14-2-6-34(20,23)16(14)15)19(33)30-12-7-11(8-24)18(26-9-12)32-27-4-5-28-32/h1-7,9-10H,(H,30,33). The summed E-state index contributed by atoms with van der Waals surface area (Å²) in [4.78, 5) is 21.9. The van der Waals surface area contributed by atoms with E-state index in [0.717, 1.165) is 21.1 Å². The molecule has 0 bridgehead atoms. The highest BCUT2D eigenvalue weighted by Gasteiger charge is 2.61. The predicted molar refractivity (Wildman–Crippen MR) is 113 cm³/mol. The maximum atomic E-state index is 15.8. The van der Waals surface area contributed by atoms with E-state index in [-0.39, 0.29) is 33.3 Å². The Bertz CT molecular complexity index is 1570. The van der Waals surface area contributed by atoms with Crippen LogP contribution in [0.5, 0.6) is 0 Å². The van der Waals surface area contributed by atoms with Gasteiger partial charge in [-0.15, -0.1) is 4.80 Å². The number of halogens is 3. The van der Waals surface area contributed by atoms with Crippen molar-refractivity contribution in [1.82, 2.24) is 34.7 Å². The van der Waals surface area contributed by atoms with Crippen LogP contribution < -0.4 is 5.32 Å². The Morgan fingerprint density at radius 3 is 2.71 bits per heavy atom. The summed E-state index contributed by atoms with van der Waals surface area (Å²) >= 11 is 0. The molecule has 0 aliphatic carbocycles. The van der Waals surface area contributed by atoms with E-state index >= 15 is 12.7 Å². The molecule has 1 unspecified atom stereocenters. The summed E-state index contributed by atoms with van der Waals surface area (Å²) in [6, 6.07) is 4.60.